The number of esters is 3. The molecular formula is C67H104O6. The standard InChI is InChI=1S/C67H104O6/c1-4-7-10-13-16-19-22-25-27-29-30-31-32-33-34-35-36-38-39-42-45-48-51-54-57-60-66(69)72-63-64(62-71-65(68)59-56-53-50-47-44-41-24-21-18-15-12-9-6-3)73-67(70)61-58-55-52-49-46-43-40-37-28-26-23-20-17-14-11-8-5-2/h7-12,16-21,25-28,30-31,33-34,40-41,43-44,49,52,64H,4-6,13-15,22-24,29,32,35-39,42,45-48,50-51,53-63H2,1-3H3/b10-7-,11-8-,12-9-,19-16-,20-17-,21-18-,27-25-,28-26-,31-30-,34-33-,43-40-,44-41-,52-49-. The monoisotopic (exact) mass is 1000 g/mol. The number of carbonyl (C=O) groups excluding carboxylic acids is 3. The third-order valence-electron chi connectivity index (χ3n) is 11.5. The van der Waals surface area contributed by atoms with Gasteiger partial charge in [-0.3, -0.25) is 14.4 Å². The topological polar surface area (TPSA) is 78.9 Å². The summed E-state index contributed by atoms with van der Waals surface area (Å²) in [6, 6.07) is 0. The zero-order valence-corrected chi connectivity index (χ0v) is 46.6. The number of allylic oxidation sites excluding steroid dienone is 26. The minimum atomic E-state index is -0.830. The zero-order valence-electron chi connectivity index (χ0n) is 46.6. The average Bonchev–Trinajstić information content (AvgIpc) is 3.39. The molecule has 0 rings (SSSR count). The van der Waals surface area contributed by atoms with Gasteiger partial charge in [0.2, 0.25) is 0 Å². The molecule has 408 valence electrons. The zero-order chi connectivity index (χ0) is 52.9. The Hall–Kier alpha value is -4.97. The Bertz CT molecular complexity index is 1670. The maximum absolute atomic E-state index is 12.8. The second kappa shape index (κ2) is 59.6. The van der Waals surface area contributed by atoms with E-state index in [0.717, 1.165) is 141 Å². The molecule has 1 unspecified atom stereocenters. The molecule has 0 fully saturated rings. The molecule has 0 spiro atoms. The van der Waals surface area contributed by atoms with Gasteiger partial charge in [0, 0.05) is 19.3 Å². The lowest BCUT2D eigenvalue weighted by atomic mass is 10.1. The second-order valence-corrected chi connectivity index (χ2v) is 18.4. The summed E-state index contributed by atoms with van der Waals surface area (Å²) in [4.78, 5) is 38.1. The Morgan fingerprint density at radius 1 is 0.274 bits per heavy atom. The second-order valence-electron chi connectivity index (χ2n) is 18.4. The molecule has 1 atom stereocenters. The van der Waals surface area contributed by atoms with Crippen LogP contribution in [0.15, 0.2) is 158 Å². The van der Waals surface area contributed by atoms with Crippen molar-refractivity contribution in [2.75, 3.05) is 13.2 Å². The smallest absolute Gasteiger partial charge is 0.306 e. The lowest BCUT2D eigenvalue weighted by Gasteiger charge is -2.18. The van der Waals surface area contributed by atoms with Gasteiger partial charge >= 0.3 is 17.9 Å². The Kier molecular flexibility index (Phi) is 55.5. The van der Waals surface area contributed by atoms with E-state index in [-0.39, 0.29) is 37.5 Å². The highest BCUT2D eigenvalue weighted by molar-refractivity contribution is 5.71. The van der Waals surface area contributed by atoms with Gasteiger partial charge in [0.05, 0.1) is 0 Å². The van der Waals surface area contributed by atoms with Crippen LogP contribution in [0.1, 0.15) is 226 Å². The van der Waals surface area contributed by atoms with Crippen LogP contribution in [-0.2, 0) is 28.6 Å². The van der Waals surface area contributed by atoms with E-state index in [4.69, 9.17) is 14.2 Å². The molecule has 0 N–H and O–H groups in total. The van der Waals surface area contributed by atoms with E-state index in [1.54, 1.807) is 0 Å². The van der Waals surface area contributed by atoms with E-state index >= 15 is 0 Å². The first-order chi connectivity index (χ1) is 36.0. The van der Waals surface area contributed by atoms with Crippen LogP contribution >= 0.6 is 0 Å². The van der Waals surface area contributed by atoms with Crippen molar-refractivity contribution < 1.29 is 28.6 Å². The number of unbranched alkanes of at least 4 members (excludes halogenated alkanes) is 13. The van der Waals surface area contributed by atoms with Gasteiger partial charge < -0.3 is 14.2 Å². The predicted octanol–water partition coefficient (Wildman–Crippen LogP) is 19.8. The van der Waals surface area contributed by atoms with Crippen molar-refractivity contribution >= 4 is 17.9 Å². The van der Waals surface area contributed by atoms with Crippen LogP contribution < -0.4 is 0 Å². The molecular weight excluding hydrogens is 901 g/mol. The molecule has 0 saturated carbocycles. The van der Waals surface area contributed by atoms with Crippen molar-refractivity contribution in [3.05, 3.63) is 158 Å². The molecule has 0 aliphatic rings. The molecule has 0 aromatic rings. The first-order valence-electron chi connectivity index (χ1n) is 29.0. The summed E-state index contributed by atoms with van der Waals surface area (Å²) in [5, 5.41) is 0. The van der Waals surface area contributed by atoms with Gasteiger partial charge in [-0.05, 0) is 135 Å². The van der Waals surface area contributed by atoms with Gasteiger partial charge in [-0.15, -0.1) is 0 Å². The molecule has 73 heavy (non-hydrogen) atoms. The molecule has 0 saturated heterocycles. The van der Waals surface area contributed by atoms with E-state index in [9.17, 15) is 14.4 Å². The van der Waals surface area contributed by atoms with Crippen molar-refractivity contribution in [2.45, 2.75) is 232 Å². The molecule has 0 aliphatic heterocycles. The minimum absolute atomic E-state index is 0.120. The summed E-state index contributed by atoms with van der Waals surface area (Å²) < 4.78 is 16.8. The lowest BCUT2D eigenvalue weighted by molar-refractivity contribution is -0.167. The number of carbonyl (C=O) groups is 3. The first-order valence-corrected chi connectivity index (χ1v) is 29.0. The van der Waals surface area contributed by atoms with E-state index in [2.05, 4.69) is 179 Å². The van der Waals surface area contributed by atoms with Gasteiger partial charge in [0.15, 0.2) is 6.10 Å². The third-order valence-corrected chi connectivity index (χ3v) is 11.5. The van der Waals surface area contributed by atoms with Gasteiger partial charge in [-0.1, -0.05) is 230 Å². The SMILES string of the molecule is CC/C=C\C/C=C\C/C=C\C/C=C\C/C=C\CCCCCCCCCCCC(=O)OCC(COC(=O)CCCCC/C=C\C/C=C\C/C=C\CC)OC(=O)CCC/C=C\C/C=C\C/C=C\C/C=C\C/C=C\CC. The summed E-state index contributed by atoms with van der Waals surface area (Å²) in [5.41, 5.74) is 0. The van der Waals surface area contributed by atoms with Crippen LogP contribution in [0.5, 0.6) is 0 Å². The molecule has 0 aliphatic carbocycles. The van der Waals surface area contributed by atoms with Crippen LogP contribution in [0.4, 0.5) is 0 Å². The first kappa shape index (κ1) is 68.0. The van der Waals surface area contributed by atoms with Crippen molar-refractivity contribution in [3.8, 4) is 0 Å². The molecule has 0 bridgehead atoms. The van der Waals surface area contributed by atoms with Crippen molar-refractivity contribution in [1.82, 2.24) is 0 Å². The maximum Gasteiger partial charge on any atom is 0.306 e. The third kappa shape index (κ3) is 57.8. The Labute approximate surface area is 448 Å². The van der Waals surface area contributed by atoms with Crippen LogP contribution in [0.2, 0.25) is 0 Å². The maximum atomic E-state index is 12.8. The summed E-state index contributed by atoms with van der Waals surface area (Å²) in [5.74, 6) is -1.02. The van der Waals surface area contributed by atoms with Crippen LogP contribution in [0.3, 0.4) is 0 Å². The van der Waals surface area contributed by atoms with Crippen LogP contribution in [0, 0.1) is 0 Å². The summed E-state index contributed by atoms with van der Waals surface area (Å²) in [7, 11) is 0. The van der Waals surface area contributed by atoms with Crippen molar-refractivity contribution in [1.29, 1.82) is 0 Å². The van der Waals surface area contributed by atoms with Gasteiger partial charge in [0.1, 0.15) is 13.2 Å². The Morgan fingerprint density at radius 3 is 0.822 bits per heavy atom. The largest absolute Gasteiger partial charge is 0.462 e. The molecule has 6 nitrogen and oxygen atoms in total. The van der Waals surface area contributed by atoms with Gasteiger partial charge in [-0.25, -0.2) is 0 Å². The minimum Gasteiger partial charge on any atom is -0.462 e. The summed E-state index contributed by atoms with van der Waals surface area (Å²) >= 11 is 0. The number of rotatable bonds is 50. The molecule has 0 aromatic carbocycles. The number of hydrogen-bond acceptors (Lipinski definition) is 6. The van der Waals surface area contributed by atoms with E-state index in [1.165, 1.54) is 38.5 Å². The van der Waals surface area contributed by atoms with E-state index < -0.39 is 6.10 Å². The fourth-order valence-corrected chi connectivity index (χ4v) is 7.28. The highest BCUT2D eigenvalue weighted by Crippen LogP contribution is 2.13. The van der Waals surface area contributed by atoms with Crippen LogP contribution in [0.25, 0.3) is 0 Å². The van der Waals surface area contributed by atoms with E-state index in [1.807, 2.05) is 0 Å². The van der Waals surface area contributed by atoms with Crippen molar-refractivity contribution in [3.63, 3.8) is 0 Å². The molecule has 0 radical (unpaired) electrons. The van der Waals surface area contributed by atoms with Gasteiger partial charge in [-0.2, -0.15) is 0 Å². The molecule has 6 heteroatoms. The van der Waals surface area contributed by atoms with Crippen LogP contribution in [-0.4, -0.2) is 37.2 Å². The normalized spacial score (nSPS) is 13.3. The fourth-order valence-electron chi connectivity index (χ4n) is 7.28. The summed E-state index contributed by atoms with van der Waals surface area (Å²) in [6.07, 6.45) is 86.7. The number of hydrogen-bond donors (Lipinski definition) is 0. The number of ether oxygens (including phenoxy) is 3. The highest BCUT2D eigenvalue weighted by Gasteiger charge is 2.19. The lowest BCUT2D eigenvalue weighted by Crippen LogP contribution is -2.30. The Balaban J connectivity index is 4.46. The molecule has 0 amide bonds. The predicted molar refractivity (Wildman–Crippen MR) is 315 cm³/mol. The average molecular weight is 1010 g/mol. The van der Waals surface area contributed by atoms with E-state index in [0.29, 0.717) is 19.3 Å². The highest BCUT2D eigenvalue weighted by atomic mass is 16.6. The van der Waals surface area contributed by atoms with Gasteiger partial charge in [0.25, 0.3) is 0 Å². The fraction of sp³-hybridized carbons (Fsp3) is 0.567. The molecule has 0 aromatic heterocycles. The molecule has 0 heterocycles. The Morgan fingerprint density at radius 2 is 0.507 bits per heavy atom. The quantitative estimate of drug-likeness (QED) is 0.0261. The summed E-state index contributed by atoms with van der Waals surface area (Å²) in [6.45, 7) is 6.20. The van der Waals surface area contributed by atoms with Crippen molar-refractivity contribution in [2.24, 2.45) is 0 Å².